The average molecular weight is 247 g/mol. The molecule has 1 aliphatic heterocycles. The lowest BCUT2D eigenvalue weighted by molar-refractivity contribution is 0.0960. The van der Waals surface area contributed by atoms with E-state index in [0.717, 1.165) is 13.1 Å². The first-order chi connectivity index (χ1) is 8.53. The smallest absolute Gasteiger partial charge is 0.0488 e. The summed E-state index contributed by atoms with van der Waals surface area (Å²) in [6.07, 6.45) is 6.34. The van der Waals surface area contributed by atoms with Crippen molar-refractivity contribution in [2.75, 3.05) is 19.6 Å². The third-order valence-corrected chi connectivity index (χ3v) is 4.25. The van der Waals surface area contributed by atoms with Crippen LogP contribution in [0.5, 0.6) is 0 Å². The zero-order valence-electron chi connectivity index (χ0n) is 11.8. The van der Waals surface area contributed by atoms with Gasteiger partial charge in [0.25, 0.3) is 0 Å². The maximum absolute atomic E-state index is 6.00. The van der Waals surface area contributed by atoms with Crippen LogP contribution in [0.15, 0.2) is 18.5 Å². The van der Waals surface area contributed by atoms with E-state index in [4.69, 9.17) is 5.73 Å². The molecule has 0 spiro atoms. The number of nitrogens with two attached hydrogens (primary N) is 1. The minimum Gasteiger partial charge on any atom is -0.329 e. The van der Waals surface area contributed by atoms with E-state index >= 15 is 0 Å². The van der Waals surface area contributed by atoms with Crippen molar-refractivity contribution in [1.29, 1.82) is 0 Å². The number of aryl methyl sites for hydroxylation is 1. The van der Waals surface area contributed by atoms with Crippen LogP contribution in [0.25, 0.3) is 0 Å². The van der Waals surface area contributed by atoms with Crippen LogP contribution in [-0.2, 0) is 0 Å². The Morgan fingerprint density at radius 1 is 1.39 bits per heavy atom. The Morgan fingerprint density at radius 2 is 2.06 bits per heavy atom. The zero-order chi connectivity index (χ0) is 13.2. The Hall–Kier alpha value is -0.930. The van der Waals surface area contributed by atoms with E-state index in [1.54, 1.807) is 0 Å². The molecule has 3 nitrogen and oxygen atoms in total. The van der Waals surface area contributed by atoms with Gasteiger partial charge in [-0.25, -0.2) is 0 Å². The van der Waals surface area contributed by atoms with Crippen molar-refractivity contribution in [3.63, 3.8) is 0 Å². The van der Waals surface area contributed by atoms with Gasteiger partial charge in [0.1, 0.15) is 0 Å². The van der Waals surface area contributed by atoms with Crippen LogP contribution in [-0.4, -0.2) is 29.5 Å². The summed E-state index contributed by atoms with van der Waals surface area (Å²) in [6, 6.07) is 2.40. The second-order valence-electron chi connectivity index (χ2n) is 6.18. The van der Waals surface area contributed by atoms with Crippen LogP contribution < -0.4 is 5.73 Å². The standard InChI is InChI=1S/C15H25N3/c1-12-4-7-17-11-13(12)14(10-16)18-8-5-15(2,3)6-9-18/h4,7,11,14H,5-6,8-10,16H2,1-3H3. The molecule has 0 radical (unpaired) electrons. The molecule has 2 heterocycles. The fourth-order valence-corrected chi connectivity index (χ4v) is 2.74. The van der Waals surface area contributed by atoms with Crippen molar-refractivity contribution < 1.29 is 0 Å². The molecule has 1 aliphatic rings. The maximum atomic E-state index is 6.00. The molecule has 3 heteroatoms. The van der Waals surface area contributed by atoms with Gasteiger partial charge in [0.05, 0.1) is 0 Å². The Kier molecular flexibility index (Phi) is 4.03. The van der Waals surface area contributed by atoms with Crippen molar-refractivity contribution in [3.8, 4) is 0 Å². The minimum absolute atomic E-state index is 0.329. The number of hydrogen-bond donors (Lipinski definition) is 1. The third-order valence-electron chi connectivity index (χ3n) is 4.25. The monoisotopic (exact) mass is 247 g/mol. The SMILES string of the molecule is Cc1ccncc1C(CN)N1CCC(C)(C)CC1. The molecule has 0 amide bonds. The van der Waals surface area contributed by atoms with Gasteiger partial charge in [-0.15, -0.1) is 0 Å². The number of piperidine rings is 1. The van der Waals surface area contributed by atoms with Crippen molar-refractivity contribution in [2.24, 2.45) is 11.1 Å². The van der Waals surface area contributed by atoms with Crippen molar-refractivity contribution in [2.45, 2.75) is 39.7 Å². The molecule has 0 aromatic carbocycles. The van der Waals surface area contributed by atoms with E-state index in [1.807, 2.05) is 12.4 Å². The van der Waals surface area contributed by atoms with Crippen LogP contribution in [0, 0.1) is 12.3 Å². The molecule has 1 fully saturated rings. The number of aromatic nitrogens is 1. The van der Waals surface area contributed by atoms with E-state index in [1.165, 1.54) is 24.0 Å². The molecular weight excluding hydrogens is 222 g/mol. The van der Waals surface area contributed by atoms with E-state index in [-0.39, 0.29) is 0 Å². The second-order valence-corrected chi connectivity index (χ2v) is 6.18. The molecule has 1 aromatic heterocycles. The lowest BCUT2D eigenvalue weighted by Crippen LogP contribution is -2.42. The van der Waals surface area contributed by atoms with Crippen LogP contribution >= 0.6 is 0 Å². The van der Waals surface area contributed by atoms with Crippen molar-refractivity contribution in [1.82, 2.24) is 9.88 Å². The normalized spacial score (nSPS) is 21.8. The highest BCUT2D eigenvalue weighted by Gasteiger charge is 2.29. The first kappa shape index (κ1) is 13.5. The summed E-state index contributed by atoms with van der Waals surface area (Å²) < 4.78 is 0. The number of pyridine rings is 1. The highest BCUT2D eigenvalue weighted by atomic mass is 15.2. The summed E-state index contributed by atoms with van der Waals surface area (Å²) in [6.45, 7) is 9.82. The Morgan fingerprint density at radius 3 is 2.61 bits per heavy atom. The van der Waals surface area contributed by atoms with E-state index in [0.29, 0.717) is 18.0 Å². The minimum atomic E-state index is 0.329. The van der Waals surface area contributed by atoms with E-state index in [2.05, 4.69) is 36.7 Å². The first-order valence-electron chi connectivity index (χ1n) is 6.88. The predicted molar refractivity (Wildman–Crippen MR) is 75.4 cm³/mol. The van der Waals surface area contributed by atoms with Gasteiger partial charge in [0.2, 0.25) is 0 Å². The Bertz CT molecular complexity index is 390. The molecule has 0 aliphatic carbocycles. The lowest BCUT2D eigenvalue weighted by Gasteiger charge is -2.41. The summed E-state index contributed by atoms with van der Waals surface area (Å²) in [5.74, 6) is 0. The topological polar surface area (TPSA) is 42.1 Å². The van der Waals surface area contributed by atoms with Gasteiger partial charge in [-0.2, -0.15) is 0 Å². The van der Waals surface area contributed by atoms with Gasteiger partial charge < -0.3 is 5.73 Å². The fourth-order valence-electron chi connectivity index (χ4n) is 2.74. The zero-order valence-corrected chi connectivity index (χ0v) is 11.8. The highest BCUT2D eigenvalue weighted by molar-refractivity contribution is 5.25. The van der Waals surface area contributed by atoms with Crippen LogP contribution in [0.2, 0.25) is 0 Å². The fraction of sp³-hybridized carbons (Fsp3) is 0.667. The molecule has 0 bridgehead atoms. The van der Waals surface area contributed by atoms with Crippen LogP contribution in [0.1, 0.15) is 43.9 Å². The number of likely N-dealkylation sites (tertiary alicyclic amines) is 1. The molecule has 2 rings (SSSR count). The quantitative estimate of drug-likeness (QED) is 0.892. The molecule has 0 saturated carbocycles. The summed E-state index contributed by atoms with van der Waals surface area (Å²) >= 11 is 0. The molecule has 1 unspecified atom stereocenters. The Labute approximate surface area is 110 Å². The molecule has 18 heavy (non-hydrogen) atoms. The summed E-state index contributed by atoms with van der Waals surface area (Å²) in [4.78, 5) is 6.78. The first-order valence-corrected chi connectivity index (χ1v) is 6.88. The van der Waals surface area contributed by atoms with Gasteiger partial charge in [-0.05, 0) is 55.5 Å². The summed E-state index contributed by atoms with van der Waals surface area (Å²) in [5.41, 5.74) is 9.08. The predicted octanol–water partition coefficient (Wildman–Crippen LogP) is 2.51. The van der Waals surface area contributed by atoms with Gasteiger partial charge in [-0.1, -0.05) is 13.8 Å². The van der Waals surface area contributed by atoms with Crippen LogP contribution in [0.4, 0.5) is 0 Å². The number of rotatable bonds is 3. The lowest BCUT2D eigenvalue weighted by atomic mass is 9.82. The largest absolute Gasteiger partial charge is 0.329 e. The summed E-state index contributed by atoms with van der Waals surface area (Å²) in [7, 11) is 0. The molecule has 1 saturated heterocycles. The van der Waals surface area contributed by atoms with Crippen molar-refractivity contribution >= 4 is 0 Å². The van der Waals surface area contributed by atoms with Crippen LogP contribution in [0.3, 0.4) is 0 Å². The van der Waals surface area contributed by atoms with Gasteiger partial charge in [0.15, 0.2) is 0 Å². The molecular formula is C15H25N3. The molecule has 100 valence electrons. The third kappa shape index (κ3) is 2.90. The van der Waals surface area contributed by atoms with Gasteiger partial charge >= 0.3 is 0 Å². The average Bonchev–Trinajstić information content (AvgIpc) is 2.34. The second kappa shape index (κ2) is 5.37. The highest BCUT2D eigenvalue weighted by Crippen LogP contribution is 2.34. The maximum Gasteiger partial charge on any atom is 0.0488 e. The Balaban J connectivity index is 2.13. The number of hydrogen-bond acceptors (Lipinski definition) is 3. The van der Waals surface area contributed by atoms with Gasteiger partial charge in [0, 0.05) is 25.0 Å². The number of nitrogens with zero attached hydrogens (tertiary/aromatic N) is 2. The van der Waals surface area contributed by atoms with Crippen molar-refractivity contribution in [3.05, 3.63) is 29.6 Å². The molecule has 1 aromatic rings. The van der Waals surface area contributed by atoms with Gasteiger partial charge in [-0.3, -0.25) is 9.88 Å². The molecule has 2 N–H and O–H groups in total. The van der Waals surface area contributed by atoms with E-state index in [9.17, 15) is 0 Å². The van der Waals surface area contributed by atoms with E-state index < -0.39 is 0 Å². The summed E-state index contributed by atoms with van der Waals surface area (Å²) in [5, 5.41) is 0. The molecule has 1 atom stereocenters.